The summed E-state index contributed by atoms with van der Waals surface area (Å²) in [5, 5.41) is 32.5. The zero-order chi connectivity index (χ0) is 16.0. The molecule has 3 bridgehead atoms. The lowest BCUT2D eigenvalue weighted by Gasteiger charge is -2.60. The molecule has 0 saturated heterocycles. The number of hydrogen-bond donors (Lipinski definition) is 3. The van der Waals surface area contributed by atoms with Crippen LogP contribution in [-0.2, 0) is 0 Å². The van der Waals surface area contributed by atoms with Crippen LogP contribution in [0.5, 0.6) is 0 Å². The van der Waals surface area contributed by atoms with Gasteiger partial charge in [0.2, 0.25) is 0 Å². The molecule has 1 spiro atoms. The number of allylic oxidation sites excluding steroid dienone is 1. The van der Waals surface area contributed by atoms with Crippen LogP contribution in [0.1, 0.15) is 51.9 Å². The highest BCUT2D eigenvalue weighted by molar-refractivity contribution is 5.24. The van der Waals surface area contributed by atoms with E-state index in [1.165, 1.54) is 0 Å². The normalized spacial score (nSPS) is 63.0. The average molecular weight is 318 g/mol. The van der Waals surface area contributed by atoms with Crippen molar-refractivity contribution in [3.8, 4) is 0 Å². The summed E-state index contributed by atoms with van der Waals surface area (Å²) < 4.78 is 0. The highest BCUT2D eigenvalue weighted by Crippen LogP contribution is 2.72. The van der Waals surface area contributed by atoms with E-state index in [4.69, 9.17) is 0 Å². The SMILES string of the molecule is C[C@]12C[C@@H]3C=C[C@H]1[C@H](O)[C@@H]1[C@@H](C[C@@]14CC[C@@H](CO)C4)[C@@](O)(C3)C2. The summed E-state index contributed by atoms with van der Waals surface area (Å²) >= 11 is 0. The predicted molar refractivity (Wildman–Crippen MR) is 87.5 cm³/mol. The minimum Gasteiger partial charge on any atom is -0.396 e. The van der Waals surface area contributed by atoms with Crippen molar-refractivity contribution >= 4 is 0 Å². The molecule has 128 valence electrons. The maximum absolute atomic E-state index is 11.5. The van der Waals surface area contributed by atoms with Gasteiger partial charge in [-0.05, 0) is 79.4 Å². The van der Waals surface area contributed by atoms with Crippen molar-refractivity contribution in [1.82, 2.24) is 0 Å². The van der Waals surface area contributed by atoms with Crippen LogP contribution in [0.25, 0.3) is 0 Å². The summed E-state index contributed by atoms with van der Waals surface area (Å²) in [4.78, 5) is 0. The van der Waals surface area contributed by atoms with Crippen molar-refractivity contribution in [1.29, 1.82) is 0 Å². The van der Waals surface area contributed by atoms with Crippen LogP contribution in [0.3, 0.4) is 0 Å². The molecule has 0 amide bonds. The Labute approximate surface area is 138 Å². The van der Waals surface area contributed by atoms with Crippen molar-refractivity contribution in [2.75, 3.05) is 6.61 Å². The minimum atomic E-state index is -0.578. The Morgan fingerprint density at radius 3 is 2.70 bits per heavy atom. The van der Waals surface area contributed by atoms with Gasteiger partial charge in [0.15, 0.2) is 0 Å². The van der Waals surface area contributed by atoms with Gasteiger partial charge >= 0.3 is 0 Å². The van der Waals surface area contributed by atoms with Crippen LogP contribution in [0, 0.1) is 40.4 Å². The van der Waals surface area contributed by atoms with E-state index < -0.39 is 5.60 Å². The van der Waals surface area contributed by atoms with Crippen LogP contribution < -0.4 is 0 Å². The smallest absolute Gasteiger partial charge is 0.0690 e. The molecular weight excluding hydrogens is 288 g/mol. The molecule has 0 radical (unpaired) electrons. The van der Waals surface area contributed by atoms with Crippen molar-refractivity contribution < 1.29 is 15.3 Å². The molecule has 0 aromatic rings. The number of hydrogen-bond acceptors (Lipinski definition) is 3. The Morgan fingerprint density at radius 1 is 1.13 bits per heavy atom. The van der Waals surface area contributed by atoms with Gasteiger partial charge in [0.05, 0.1) is 11.7 Å². The van der Waals surface area contributed by atoms with Crippen molar-refractivity contribution in [2.24, 2.45) is 40.4 Å². The van der Waals surface area contributed by atoms with Crippen molar-refractivity contribution in [3.05, 3.63) is 12.2 Å². The maximum Gasteiger partial charge on any atom is 0.0690 e. The summed E-state index contributed by atoms with van der Waals surface area (Å²) in [5.41, 5.74) is -0.336. The molecule has 5 aliphatic carbocycles. The highest BCUT2D eigenvalue weighted by Gasteiger charge is 2.70. The van der Waals surface area contributed by atoms with E-state index in [-0.39, 0.29) is 41.3 Å². The van der Waals surface area contributed by atoms with Crippen molar-refractivity contribution in [3.63, 3.8) is 0 Å². The first-order valence-corrected chi connectivity index (χ1v) is 9.59. The van der Waals surface area contributed by atoms with Gasteiger partial charge in [0.25, 0.3) is 0 Å². The van der Waals surface area contributed by atoms with Gasteiger partial charge < -0.3 is 15.3 Å². The lowest BCUT2D eigenvalue weighted by atomic mass is 9.46. The third-order valence-corrected chi connectivity index (χ3v) is 8.65. The molecule has 23 heavy (non-hydrogen) atoms. The molecule has 9 atom stereocenters. The first kappa shape index (κ1) is 14.9. The molecule has 3 nitrogen and oxygen atoms in total. The number of aliphatic hydroxyl groups is 3. The summed E-state index contributed by atoms with van der Waals surface area (Å²) in [6, 6.07) is 0. The summed E-state index contributed by atoms with van der Waals surface area (Å²) in [6.07, 6.45) is 11.5. The molecule has 0 aromatic carbocycles. The maximum atomic E-state index is 11.5. The van der Waals surface area contributed by atoms with Crippen molar-refractivity contribution in [2.45, 2.75) is 63.6 Å². The molecule has 0 aromatic heterocycles. The van der Waals surface area contributed by atoms with E-state index in [0.29, 0.717) is 11.8 Å². The molecule has 4 saturated carbocycles. The van der Waals surface area contributed by atoms with Crippen LogP contribution in [-0.4, -0.2) is 33.6 Å². The summed E-state index contributed by atoms with van der Waals surface area (Å²) in [6.45, 7) is 2.58. The lowest BCUT2D eigenvalue weighted by Crippen LogP contribution is -2.60. The van der Waals surface area contributed by atoms with Gasteiger partial charge in [-0.2, -0.15) is 0 Å². The van der Waals surface area contributed by atoms with Crippen LogP contribution in [0.2, 0.25) is 0 Å². The van der Waals surface area contributed by atoms with Gasteiger partial charge in [-0.25, -0.2) is 0 Å². The fourth-order valence-electron chi connectivity index (χ4n) is 7.91. The molecule has 3 heteroatoms. The second kappa shape index (κ2) is 4.42. The number of rotatable bonds is 1. The molecule has 5 rings (SSSR count). The monoisotopic (exact) mass is 318 g/mol. The fraction of sp³-hybridized carbons (Fsp3) is 0.900. The molecule has 0 heterocycles. The highest BCUT2D eigenvalue weighted by atomic mass is 16.3. The van der Waals surface area contributed by atoms with E-state index in [1.54, 1.807) is 0 Å². The molecule has 0 unspecified atom stereocenters. The Morgan fingerprint density at radius 2 is 1.96 bits per heavy atom. The number of aliphatic hydroxyl groups excluding tert-OH is 2. The van der Waals surface area contributed by atoms with Gasteiger partial charge in [-0.3, -0.25) is 0 Å². The Kier molecular flexibility index (Phi) is 2.87. The quantitative estimate of drug-likeness (QED) is 0.651. The Balaban J connectivity index is 1.56. The molecule has 5 aliphatic rings. The second-order valence-corrected chi connectivity index (χ2v) is 9.99. The fourth-order valence-corrected chi connectivity index (χ4v) is 7.91. The molecule has 3 N–H and O–H groups in total. The third kappa shape index (κ3) is 1.77. The first-order valence-electron chi connectivity index (χ1n) is 9.59. The second-order valence-electron chi connectivity index (χ2n) is 9.99. The van der Waals surface area contributed by atoms with Crippen LogP contribution >= 0.6 is 0 Å². The van der Waals surface area contributed by atoms with Crippen LogP contribution in [0.4, 0.5) is 0 Å². The van der Waals surface area contributed by atoms with Crippen LogP contribution in [0.15, 0.2) is 12.2 Å². The zero-order valence-electron chi connectivity index (χ0n) is 14.1. The molecular formula is C20H30O3. The third-order valence-electron chi connectivity index (χ3n) is 8.65. The largest absolute Gasteiger partial charge is 0.396 e. The lowest BCUT2D eigenvalue weighted by molar-refractivity contribution is -0.195. The van der Waals surface area contributed by atoms with Gasteiger partial charge in [0.1, 0.15) is 0 Å². The van der Waals surface area contributed by atoms with E-state index >= 15 is 0 Å². The van der Waals surface area contributed by atoms with E-state index in [9.17, 15) is 15.3 Å². The molecule has 4 fully saturated rings. The Bertz CT molecular complexity index is 559. The summed E-state index contributed by atoms with van der Waals surface area (Å²) in [5.74, 6) is 1.60. The Hall–Kier alpha value is -0.380. The topological polar surface area (TPSA) is 60.7 Å². The molecule has 0 aliphatic heterocycles. The van der Waals surface area contributed by atoms with E-state index in [1.807, 2.05) is 0 Å². The van der Waals surface area contributed by atoms with Gasteiger partial charge in [0, 0.05) is 12.5 Å². The summed E-state index contributed by atoms with van der Waals surface area (Å²) in [7, 11) is 0. The van der Waals surface area contributed by atoms with Gasteiger partial charge in [-0.15, -0.1) is 0 Å². The standard InChI is InChI=1S/C20H30O3/c1-18-6-12-2-3-14(18)17(22)16-15(20(23,8-12)11-18)9-19(16)5-4-13(7-19)10-21/h2-3,12-17,21-23H,4-11H2,1H3/t12-,13+,14-,15+,16-,17-,18+,19-,20+/m0/s1. The number of fused-ring (bicyclic) bond motifs is 5. The van der Waals surface area contributed by atoms with Gasteiger partial charge in [-0.1, -0.05) is 19.1 Å². The minimum absolute atomic E-state index is 0.0549. The van der Waals surface area contributed by atoms with E-state index in [0.717, 1.165) is 44.9 Å². The first-order chi connectivity index (χ1) is 10.9. The average Bonchev–Trinajstić information content (AvgIpc) is 2.88. The predicted octanol–water partition coefficient (Wildman–Crippen LogP) is 2.50. The van der Waals surface area contributed by atoms with E-state index in [2.05, 4.69) is 19.1 Å². The zero-order valence-corrected chi connectivity index (χ0v) is 14.1.